The molecule has 0 amide bonds. The molecule has 1 atom stereocenters. The van der Waals surface area contributed by atoms with Crippen LogP contribution in [0, 0.1) is 9.52 Å². The zero-order chi connectivity index (χ0) is 10.6. The SMILES string of the molecule is COCOC(C)c1cnc(F)c(I)c1. The average Bonchev–Trinajstić information content (AvgIpc) is 2.18. The molecule has 0 fully saturated rings. The van der Waals surface area contributed by atoms with E-state index in [9.17, 15) is 4.39 Å². The smallest absolute Gasteiger partial charge is 0.226 e. The number of nitrogens with zero attached hydrogens (tertiary/aromatic N) is 1. The van der Waals surface area contributed by atoms with E-state index in [1.165, 1.54) is 6.20 Å². The number of rotatable bonds is 4. The van der Waals surface area contributed by atoms with Gasteiger partial charge in [-0.3, -0.25) is 0 Å². The van der Waals surface area contributed by atoms with Crippen LogP contribution in [0.4, 0.5) is 4.39 Å². The van der Waals surface area contributed by atoms with Gasteiger partial charge in [-0.1, -0.05) is 0 Å². The fourth-order valence-electron chi connectivity index (χ4n) is 0.925. The van der Waals surface area contributed by atoms with Crippen LogP contribution in [0.2, 0.25) is 0 Å². The second-order valence-electron chi connectivity index (χ2n) is 2.76. The highest BCUT2D eigenvalue weighted by atomic mass is 127. The summed E-state index contributed by atoms with van der Waals surface area (Å²) in [6.45, 7) is 2.08. The number of hydrogen-bond donors (Lipinski definition) is 0. The molecule has 0 aliphatic rings. The first-order chi connectivity index (χ1) is 6.65. The molecule has 1 rings (SSSR count). The van der Waals surface area contributed by atoms with Crippen molar-refractivity contribution < 1.29 is 13.9 Å². The second-order valence-corrected chi connectivity index (χ2v) is 3.92. The monoisotopic (exact) mass is 311 g/mol. The first-order valence-corrected chi connectivity index (χ1v) is 5.14. The third kappa shape index (κ3) is 3.14. The van der Waals surface area contributed by atoms with Crippen LogP contribution in [-0.4, -0.2) is 18.9 Å². The van der Waals surface area contributed by atoms with Crippen LogP contribution in [-0.2, 0) is 9.47 Å². The molecule has 0 spiro atoms. The zero-order valence-corrected chi connectivity index (χ0v) is 10.1. The van der Waals surface area contributed by atoms with Crippen molar-refractivity contribution in [2.45, 2.75) is 13.0 Å². The molecule has 3 nitrogen and oxygen atoms in total. The third-order valence-electron chi connectivity index (χ3n) is 1.72. The van der Waals surface area contributed by atoms with E-state index in [0.717, 1.165) is 5.56 Å². The van der Waals surface area contributed by atoms with E-state index >= 15 is 0 Å². The Morgan fingerprint density at radius 1 is 1.64 bits per heavy atom. The quantitative estimate of drug-likeness (QED) is 0.486. The Kier molecular flexibility index (Phi) is 4.70. The fraction of sp³-hybridized carbons (Fsp3) is 0.444. The van der Waals surface area contributed by atoms with Crippen molar-refractivity contribution in [1.29, 1.82) is 0 Å². The topological polar surface area (TPSA) is 31.4 Å². The van der Waals surface area contributed by atoms with E-state index in [1.54, 1.807) is 13.2 Å². The maximum atomic E-state index is 12.8. The summed E-state index contributed by atoms with van der Waals surface area (Å²) in [6.07, 6.45) is 1.33. The van der Waals surface area contributed by atoms with E-state index in [0.29, 0.717) is 3.57 Å². The number of halogens is 2. The van der Waals surface area contributed by atoms with Crippen LogP contribution in [0.3, 0.4) is 0 Å². The van der Waals surface area contributed by atoms with E-state index in [1.807, 2.05) is 29.5 Å². The first kappa shape index (κ1) is 11.8. The highest BCUT2D eigenvalue weighted by Crippen LogP contribution is 2.19. The van der Waals surface area contributed by atoms with Gasteiger partial charge in [0.25, 0.3) is 0 Å². The maximum Gasteiger partial charge on any atom is 0.226 e. The molecule has 78 valence electrons. The number of hydrogen-bond acceptors (Lipinski definition) is 3. The van der Waals surface area contributed by atoms with E-state index in [4.69, 9.17) is 9.47 Å². The maximum absolute atomic E-state index is 12.8. The molecule has 14 heavy (non-hydrogen) atoms. The summed E-state index contributed by atoms with van der Waals surface area (Å²) in [5.41, 5.74) is 0.841. The minimum absolute atomic E-state index is 0.142. The molecular weight excluding hydrogens is 300 g/mol. The van der Waals surface area contributed by atoms with Crippen molar-refractivity contribution in [1.82, 2.24) is 4.98 Å². The average molecular weight is 311 g/mol. The molecule has 1 unspecified atom stereocenters. The summed E-state index contributed by atoms with van der Waals surface area (Å²) in [5.74, 6) is -0.451. The third-order valence-corrected chi connectivity index (χ3v) is 2.48. The minimum Gasteiger partial charge on any atom is -0.359 e. The summed E-state index contributed by atoms with van der Waals surface area (Å²) in [4.78, 5) is 3.61. The molecule has 0 radical (unpaired) electrons. The second kappa shape index (κ2) is 5.57. The van der Waals surface area contributed by atoms with Gasteiger partial charge in [-0.05, 0) is 35.6 Å². The highest BCUT2D eigenvalue weighted by molar-refractivity contribution is 14.1. The molecule has 0 N–H and O–H groups in total. The number of aromatic nitrogens is 1. The Labute approximate surface area is 95.8 Å². The normalized spacial score (nSPS) is 12.9. The van der Waals surface area contributed by atoms with Gasteiger partial charge in [0, 0.05) is 18.9 Å². The van der Waals surface area contributed by atoms with Gasteiger partial charge in [-0.25, -0.2) is 4.98 Å². The molecule has 5 heteroatoms. The predicted molar refractivity (Wildman–Crippen MR) is 58.3 cm³/mol. The van der Waals surface area contributed by atoms with Crippen molar-refractivity contribution in [3.63, 3.8) is 0 Å². The molecule has 0 aliphatic heterocycles. The largest absolute Gasteiger partial charge is 0.359 e. The lowest BCUT2D eigenvalue weighted by molar-refractivity contribution is -0.0667. The molecule has 0 aromatic carbocycles. The lowest BCUT2D eigenvalue weighted by Gasteiger charge is -2.12. The van der Waals surface area contributed by atoms with E-state index in [2.05, 4.69) is 4.98 Å². The number of ether oxygens (including phenoxy) is 2. The molecule has 1 heterocycles. The van der Waals surface area contributed by atoms with Crippen molar-refractivity contribution in [2.75, 3.05) is 13.9 Å². The summed E-state index contributed by atoms with van der Waals surface area (Å²) in [6, 6.07) is 1.71. The van der Waals surface area contributed by atoms with Gasteiger partial charge in [0.2, 0.25) is 5.95 Å². The van der Waals surface area contributed by atoms with Gasteiger partial charge in [0.05, 0.1) is 9.67 Å². The Balaban J connectivity index is 2.70. The lowest BCUT2D eigenvalue weighted by atomic mass is 10.2. The fourth-order valence-corrected chi connectivity index (χ4v) is 1.42. The minimum atomic E-state index is -0.451. The summed E-state index contributed by atoms with van der Waals surface area (Å²) >= 11 is 1.90. The molecule has 1 aromatic heterocycles. The van der Waals surface area contributed by atoms with Gasteiger partial charge < -0.3 is 9.47 Å². The Hall–Kier alpha value is -0.270. The van der Waals surface area contributed by atoms with Crippen molar-refractivity contribution >= 4 is 22.6 Å². The van der Waals surface area contributed by atoms with Crippen LogP contribution < -0.4 is 0 Å². The molecule has 0 saturated carbocycles. The van der Waals surface area contributed by atoms with Gasteiger partial charge in [-0.15, -0.1) is 0 Å². The first-order valence-electron chi connectivity index (χ1n) is 4.06. The molecule has 0 aliphatic carbocycles. The molecule has 1 aromatic rings. The van der Waals surface area contributed by atoms with Crippen LogP contribution in [0.5, 0.6) is 0 Å². The van der Waals surface area contributed by atoms with Gasteiger partial charge in [0.15, 0.2) is 0 Å². The summed E-state index contributed by atoms with van der Waals surface area (Å²) < 4.78 is 23.4. The van der Waals surface area contributed by atoms with E-state index in [-0.39, 0.29) is 12.9 Å². The molecule has 0 saturated heterocycles. The van der Waals surface area contributed by atoms with Crippen molar-refractivity contribution in [2.24, 2.45) is 0 Å². The van der Waals surface area contributed by atoms with Crippen molar-refractivity contribution in [3.05, 3.63) is 27.3 Å². The highest BCUT2D eigenvalue weighted by Gasteiger charge is 2.08. The predicted octanol–water partition coefficient (Wildman–Crippen LogP) is 2.51. The lowest BCUT2D eigenvalue weighted by Crippen LogP contribution is -2.04. The van der Waals surface area contributed by atoms with Gasteiger partial charge >= 0.3 is 0 Å². The van der Waals surface area contributed by atoms with Crippen LogP contribution in [0.1, 0.15) is 18.6 Å². The summed E-state index contributed by atoms with van der Waals surface area (Å²) in [7, 11) is 1.55. The standard InChI is InChI=1S/C9H11FINO2/c1-6(14-5-13-2)7-3-8(11)9(10)12-4-7/h3-4,6H,5H2,1-2H3. The van der Waals surface area contributed by atoms with Gasteiger partial charge in [0.1, 0.15) is 6.79 Å². The molecule has 0 bridgehead atoms. The van der Waals surface area contributed by atoms with Crippen LogP contribution in [0.25, 0.3) is 0 Å². The number of methoxy groups -OCH3 is 1. The Morgan fingerprint density at radius 3 is 2.93 bits per heavy atom. The number of pyridine rings is 1. The Morgan fingerprint density at radius 2 is 2.36 bits per heavy atom. The van der Waals surface area contributed by atoms with Crippen LogP contribution in [0.15, 0.2) is 12.3 Å². The Bertz CT molecular complexity index is 309. The van der Waals surface area contributed by atoms with Crippen molar-refractivity contribution in [3.8, 4) is 0 Å². The van der Waals surface area contributed by atoms with E-state index < -0.39 is 5.95 Å². The summed E-state index contributed by atoms with van der Waals surface area (Å²) in [5, 5.41) is 0. The van der Waals surface area contributed by atoms with Gasteiger partial charge in [-0.2, -0.15) is 4.39 Å². The molecular formula is C9H11FINO2. The van der Waals surface area contributed by atoms with Crippen LogP contribution >= 0.6 is 22.6 Å². The zero-order valence-electron chi connectivity index (χ0n) is 7.96.